The van der Waals surface area contributed by atoms with Crippen molar-refractivity contribution in [3.63, 3.8) is 0 Å². The van der Waals surface area contributed by atoms with E-state index in [1.165, 1.54) is 283 Å². The second kappa shape index (κ2) is 65.4. The van der Waals surface area contributed by atoms with Crippen molar-refractivity contribution in [2.45, 2.75) is 393 Å². The lowest BCUT2D eigenvalue weighted by atomic mass is 10.0. The van der Waals surface area contributed by atoms with Gasteiger partial charge in [-0.1, -0.05) is 340 Å². The fourth-order valence-corrected chi connectivity index (χ4v) is 10.5. The van der Waals surface area contributed by atoms with Gasteiger partial charge in [-0.2, -0.15) is 0 Å². The normalized spacial score (nSPS) is 12.1. The molecule has 0 bridgehead atoms. The minimum atomic E-state index is -0.770. The lowest BCUT2D eigenvalue weighted by Crippen LogP contribution is -2.30. The number of esters is 3. The van der Waals surface area contributed by atoms with Crippen molar-refractivity contribution in [1.82, 2.24) is 0 Å². The Morgan fingerprint density at radius 3 is 0.724 bits per heavy atom. The Morgan fingerprint density at radius 2 is 0.474 bits per heavy atom. The zero-order valence-corrected chi connectivity index (χ0v) is 51.6. The van der Waals surface area contributed by atoms with Crippen LogP contribution in [-0.2, 0) is 28.6 Å². The third kappa shape index (κ3) is 62.7. The van der Waals surface area contributed by atoms with Crippen molar-refractivity contribution in [3.8, 4) is 0 Å². The Kier molecular flexibility index (Phi) is 63.6. The van der Waals surface area contributed by atoms with E-state index >= 15 is 0 Å². The zero-order chi connectivity index (χ0) is 55.0. The molecular weight excluding hydrogens is 937 g/mol. The molecule has 0 aromatic carbocycles. The van der Waals surface area contributed by atoms with Crippen LogP contribution in [0.3, 0.4) is 0 Å². The molecule has 0 aromatic heterocycles. The first-order valence-electron chi connectivity index (χ1n) is 34.3. The van der Waals surface area contributed by atoms with Crippen molar-refractivity contribution in [2.24, 2.45) is 0 Å². The van der Waals surface area contributed by atoms with Crippen molar-refractivity contribution < 1.29 is 28.6 Å². The van der Waals surface area contributed by atoms with Gasteiger partial charge in [0.2, 0.25) is 0 Å². The summed E-state index contributed by atoms with van der Waals surface area (Å²) in [5.41, 5.74) is 0. The van der Waals surface area contributed by atoms with Gasteiger partial charge in [0.15, 0.2) is 6.10 Å². The fraction of sp³-hybridized carbons (Fsp3) is 0.900. The molecule has 1 atom stereocenters. The van der Waals surface area contributed by atoms with Crippen molar-refractivity contribution >= 4 is 17.9 Å². The Balaban J connectivity index is 4.24. The van der Waals surface area contributed by atoms with Crippen LogP contribution in [0, 0.1) is 0 Å². The number of unbranched alkanes of at least 4 members (excludes halogenated alkanes) is 49. The van der Waals surface area contributed by atoms with Gasteiger partial charge in [0.05, 0.1) is 0 Å². The maximum atomic E-state index is 12.9. The highest BCUT2D eigenvalue weighted by Gasteiger charge is 2.19. The largest absolute Gasteiger partial charge is 0.462 e. The first kappa shape index (κ1) is 73.9. The van der Waals surface area contributed by atoms with Crippen LogP contribution in [0.15, 0.2) is 24.3 Å². The molecule has 0 fully saturated rings. The summed E-state index contributed by atoms with van der Waals surface area (Å²) in [6, 6.07) is 0. The second-order valence-electron chi connectivity index (χ2n) is 23.5. The van der Waals surface area contributed by atoms with Crippen molar-refractivity contribution in [2.75, 3.05) is 13.2 Å². The van der Waals surface area contributed by atoms with Crippen molar-refractivity contribution in [3.05, 3.63) is 24.3 Å². The molecule has 0 aliphatic heterocycles. The first-order valence-corrected chi connectivity index (χ1v) is 34.3. The van der Waals surface area contributed by atoms with Crippen LogP contribution >= 0.6 is 0 Å². The highest BCUT2D eigenvalue weighted by atomic mass is 16.6. The van der Waals surface area contributed by atoms with Gasteiger partial charge in [-0.3, -0.25) is 14.4 Å². The number of carbonyl (C=O) groups excluding carboxylic acids is 3. The minimum Gasteiger partial charge on any atom is -0.462 e. The summed E-state index contributed by atoms with van der Waals surface area (Å²) in [4.78, 5) is 38.4. The predicted octanol–water partition coefficient (Wildman–Crippen LogP) is 23.4. The molecule has 6 heteroatoms. The molecule has 0 aromatic rings. The lowest BCUT2D eigenvalue weighted by Gasteiger charge is -2.18. The first-order chi connectivity index (χ1) is 37.5. The Bertz CT molecular complexity index is 1230. The van der Waals surface area contributed by atoms with E-state index in [0.29, 0.717) is 19.3 Å². The quantitative estimate of drug-likeness (QED) is 0.0261. The average molecular weight is 1070 g/mol. The van der Waals surface area contributed by atoms with Gasteiger partial charge in [-0.15, -0.1) is 0 Å². The van der Waals surface area contributed by atoms with E-state index < -0.39 is 6.10 Å². The smallest absolute Gasteiger partial charge is 0.306 e. The number of hydrogen-bond donors (Lipinski definition) is 0. The molecule has 6 nitrogen and oxygen atoms in total. The van der Waals surface area contributed by atoms with Crippen LogP contribution in [0.25, 0.3) is 0 Å². The summed E-state index contributed by atoms with van der Waals surface area (Å²) >= 11 is 0. The van der Waals surface area contributed by atoms with Crippen LogP contribution in [0.2, 0.25) is 0 Å². The molecule has 0 spiro atoms. The van der Waals surface area contributed by atoms with E-state index in [2.05, 4.69) is 45.1 Å². The van der Waals surface area contributed by atoms with Crippen LogP contribution < -0.4 is 0 Å². The molecule has 0 saturated heterocycles. The molecule has 0 radical (unpaired) electrons. The average Bonchev–Trinajstić information content (AvgIpc) is 3.42. The van der Waals surface area contributed by atoms with Gasteiger partial charge < -0.3 is 14.2 Å². The van der Waals surface area contributed by atoms with Gasteiger partial charge >= 0.3 is 17.9 Å². The molecule has 0 amide bonds. The van der Waals surface area contributed by atoms with Crippen LogP contribution in [0.5, 0.6) is 0 Å². The summed E-state index contributed by atoms with van der Waals surface area (Å²) in [5, 5.41) is 0. The Hall–Kier alpha value is -2.11. The third-order valence-electron chi connectivity index (χ3n) is 15.7. The maximum Gasteiger partial charge on any atom is 0.306 e. The number of rotatable bonds is 64. The van der Waals surface area contributed by atoms with Gasteiger partial charge in [-0.05, 0) is 51.4 Å². The monoisotopic (exact) mass is 1070 g/mol. The lowest BCUT2D eigenvalue weighted by molar-refractivity contribution is -0.167. The highest BCUT2D eigenvalue weighted by molar-refractivity contribution is 5.71. The highest BCUT2D eigenvalue weighted by Crippen LogP contribution is 2.18. The Labute approximate surface area is 474 Å². The summed E-state index contributed by atoms with van der Waals surface area (Å²) < 4.78 is 17.0. The number of ether oxygens (including phenoxy) is 3. The van der Waals surface area contributed by atoms with E-state index in [1.54, 1.807) is 0 Å². The maximum absolute atomic E-state index is 12.9. The van der Waals surface area contributed by atoms with Crippen molar-refractivity contribution in [1.29, 1.82) is 0 Å². The van der Waals surface area contributed by atoms with Crippen LogP contribution in [-0.4, -0.2) is 37.2 Å². The summed E-state index contributed by atoms with van der Waals surface area (Å²) in [6.07, 6.45) is 79.1. The number of allylic oxidation sites excluding steroid dienone is 4. The molecule has 0 N–H and O–H groups in total. The fourth-order valence-electron chi connectivity index (χ4n) is 10.5. The summed E-state index contributed by atoms with van der Waals surface area (Å²) in [6.45, 7) is 6.70. The molecule has 0 saturated carbocycles. The number of hydrogen-bond acceptors (Lipinski definition) is 6. The van der Waals surface area contributed by atoms with E-state index in [0.717, 1.165) is 64.2 Å². The van der Waals surface area contributed by atoms with E-state index in [1.807, 2.05) is 0 Å². The molecule has 0 aliphatic carbocycles. The Morgan fingerprint density at radius 1 is 0.263 bits per heavy atom. The van der Waals surface area contributed by atoms with E-state index in [-0.39, 0.29) is 31.1 Å². The molecule has 0 rings (SSSR count). The molecular formula is C70H132O6. The van der Waals surface area contributed by atoms with Crippen LogP contribution in [0.1, 0.15) is 387 Å². The predicted molar refractivity (Wildman–Crippen MR) is 330 cm³/mol. The SMILES string of the molecule is CCCCCCC/C=C\C/C=C\CCCCCCCCCCCC(=O)OC(COC(=O)CCCCCCCCCCCCCCC)COC(=O)CCCCCCCCCCCCCCCCCCCCCCCCCC. The molecule has 1 unspecified atom stereocenters. The second-order valence-corrected chi connectivity index (χ2v) is 23.5. The third-order valence-corrected chi connectivity index (χ3v) is 15.7. The molecule has 448 valence electrons. The number of carbonyl (C=O) groups is 3. The van der Waals surface area contributed by atoms with Gasteiger partial charge in [-0.25, -0.2) is 0 Å². The summed E-state index contributed by atoms with van der Waals surface area (Å²) in [7, 11) is 0. The van der Waals surface area contributed by atoms with Crippen LogP contribution in [0.4, 0.5) is 0 Å². The standard InChI is InChI=1S/C70H132O6/c1-4-7-10-13-16-19-22-25-27-29-31-33-34-35-37-38-40-42-45-48-51-54-57-60-63-69(72)75-66-67(65-74-68(71)62-59-56-53-50-47-44-24-21-18-15-12-9-6-3)76-70(73)64-61-58-55-52-49-46-43-41-39-36-32-30-28-26-23-20-17-14-11-8-5-2/h23,26,30,32,67H,4-22,24-25,27-29,31,33-66H2,1-3H3/b26-23-,32-30-. The minimum absolute atomic E-state index is 0.0665. The zero-order valence-electron chi connectivity index (χ0n) is 51.6. The molecule has 76 heavy (non-hydrogen) atoms. The molecule has 0 aliphatic rings. The topological polar surface area (TPSA) is 78.9 Å². The van der Waals surface area contributed by atoms with Gasteiger partial charge in [0.25, 0.3) is 0 Å². The van der Waals surface area contributed by atoms with Gasteiger partial charge in [0.1, 0.15) is 13.2 Å². The van der Waals surface area contributed by atoms with Gasteiger partial charge in [0, 0.05) is 19.3 Å². The molecule has 0 heterocycles. The van der Waals surface area contributed by atoms with E-state index in [4.69, 9.17) is 14.2 Å². The summed E-state index contributed by atoms with van der Waals surface area (Å²) in [5.74, 6) is -0.840. The van der Waals surface area contributed by atoms with E-state index in [9.17, 15) is 14.4 Å².